The molecule has 2 aliphatic rings. The molecular weight excluding hydrogens is 482 g/mol. The van der Waals surface area contributed by atoms with Crippen LogP contribution in [0.1, 0.15) is 18.3 Å². The minimum absolute atomic E-state index is 0.000445. The van der Waals surface area contributed by atoms with Crippen LogP contribution in [0.3, 0.4) is 0 Å². The van der Waals surface area contributed by atoms with Crippen LogP contribution >= 0.6 is 23.3 Å². The minimum Gasteiger partial charge on any atom is -0.481 e. The van der Waals surface area contributed by atoms with E-state index in [0.29, 0.717) is 0 Å². The lowest BCUT2D eigenvalue weighted by atomic mass is 9.86. The molecule has 0 aliphatic carbocycles. The van der Waals surface area contributed by atoms with Gasteiger partial charge in [-0.25, -0.2) is 0 Å². The summed E-state index contributed by atoms with van der Waals surface area (Å²) >= 11 is 2.19. The van der Waals surface area contributed by atoms with Gasteiger partial charge in [0.25, 0.3) is 5.91 Å². The number of β-lactam (4-membered cyclic amide) rings is 1. The number of amides is 2. The first-order valence-electron chi connectivity index (χ1n) is 10.2. The fourth-order valence-electron chi connectivity index (χ4n) is 3.48. The van der Waals surface area contributed by atoms with Crippen LogP contribution < -0.4 is 11.1 Å². The van der Waals surface area contributed by atoms with Crippen molar-refractivity contribution in [2.24, 2.45) is 10.6 Å². The lowest BCUT2D eigenvalue weighted by Crippen LogP contribution is -2.73. The van der Waals surface area contributed by atoms with Gasteiger partial charge in [-0.1, -0.05) is 17.3 Å². The summed E-state index contributed by atoms with van der Waals surface area (Å²) in [6, 6.07) is 2.69. The standard InChI is InChI=1S/C20H21N7O5S2/c1-2-32-25-12(14-24-19(21)34-26-14)15(28)23-13-16(29)27-9-20(18(30)31,10-33-17(13)27)6-3-11-4-7-22-8-5-11/h3-8,13,17H,2,9-10H2,1H3,(H,23,28)(H,30,31)(H2,21,24,26)/t13?,17-,20?/m1/s1. The Morgan fingerprint density at radius 3 is 2.85 bits per heavy atom. The topological polar surface area (TPSA) is 173 Å². The summed E-state index contributed by atoms with van der Waals surface area (Å²) in [6.45, 7) is 1.91. The number of nitrogens with one attached hydrogen (secondary N) is 1. The quantitative estimate of drug-likeness (QED) is 0.261. The van der Waals surface area contributed by atoms with Crippen molar-refractivity contribution in [1.82, 2.24) is 24.6 Å². The SMILES string of the molecule is CCON=C(C(=O)NC1C(=O)N2CC(C=Cc3ccncc3)(C(=O)O)CS[C@H]12)c1nsc(N)n1. The number of nitrogen functional groups attached to an aromatic ring is 1. The summed E-state index contributed by atoms with van der Waals surface area (Å²) in [5, 5.41) is 16.1. The molecule has 2 amide bonds. The van der Waals surface area contributed by atoms with Crippen molar-refractivity contribution in [2.75, 3.05) is 24.6 Å². The van der Waals surface area contributed by atoms with Crippen LogP contribution in [0.15, 0.2) is 35.8 Å². The summed E-state index contributed by atoms with van der Waals surface area (Å²) in [5.74, 6) is -1.86. The lowest BCUT2D eigenvalue weighted by Gasteiger charge is -2.53. The summed E-state index contributed by atoms with van der Waals surface area (Å²) in [7, 11) is 0. The summed E-state index contributed by atoms with van der Waals surface area (Å²) < 4.78 is 3.98. The maximum atomic E-state index is 12.8. The van der Waals surface area contributed by atoms with E-state index in [1.54, 1.807) is 43.6 Å². The molecule has 0 aromatic carbocycles. The van der Waals surface area contributed by atoms with Crippen LogP contribution in [0.2, 0.25) is 0 Å². The van der Waals surface area contributed by atoms with Gasteiger partial charge < -0.3 is 25.9 Å². The van der Waals surface area contributed by atoms with Crippen molar-refractivity contribution in [1.29, 1.82) is 0 Å². The molecule has 4 rings (SSSR count). The predicted molar refractivity (Wildman–Crippen MR) is 126 cm³/mol. The number of nitrogens with two attached hydrogens (primary N) is 1. The number of carbonyl (C=O) groups is 3. The fraction of sp³-hybridized carbons (Fsp3) is 0.350. The number of hydrogen-bond acceptors (Lipinski definition) is 11. The Kier molecular flexibility index (Phi) is 6.79. The number of anilines is 1. The number of oxime groups is 1. The number of thioether (sulfide) groups is 1. The number of hydrogen-bond donors (Lipinski definition) is 3. The van der Waals surface area contributed by atoms with Crippen LogP contribution in [-0.2, 0) is 19.2 Å². The van der Waals surface area contributed by atoms with Gasteiger partial charge in [-0.2, -0.15) is 9.36 Å². The van der Waals surface area contributed by atoms with Crippen molar-refractivity contribution < 1.29 is 24.3 Å². The second-order valence-corrected chi connectivity index (χ2v) is 9.40. The molecule has 14 heteroatoms. The van der Waals surface area contributed by atoms with Crippen LogP contribution in [0.25, 0.3) is 6.08 Å². The Morgan fingerprint density at radius 2 is 2.21 bits per heavy atom. The average Bonchev–Trinajstić information content (AvgIpc) is 3.27. The van der Waals surface area contributed by atoms with E-state index < -0.39 is 28.7 Å². The molecule has 34 heavy (non-hydrogen) atoms. The predicted octanol–water partition coefficient (Wildman–Crippen LogP) is 0.440. The number of carboxylic acid groups (broad SMARTS) is 1. The highest BCUT2D eigenvalue weighted by Crippen LogP contribution is 2.43. The van der Waals surface area contributed by atoms with Crippen molar-refractivity contribution in [3.05, 3.63) is 42.0 Å². The van der Waals surface area contributed by atoms with Gasteiger partial charge in [0.15, 0.2) is 5.13 Å². The third-order valence-electron chi connectivity index (χ3n) is 5.27. The largest absolute Gasteiger partial charge is 0.481 e. The van der Waals surface area contributed by atoms with Gasteiger partial charge in [-0.3, -0.25) is 19.4 Å². The molecular formula is C20H21N7O5S2. The third-order valence-corrected chi connectivity index (χ3v) is 7.37. The van der Waals surface area contributed by atoms with Gasteiger partial charge in [0.1, 0.15) is 23.4 Å². The molecule has 3 atom stereocenters. The number of carbonyl (C=O) groups excluding carboxylic acids is 2. The van der Waals surface area contributed by atoms with E-state index in [-0.39, 0.29) is 41.5 Å². The minimum atomic E-state index is -1.25. The van der Waals surface area contributed by atoms with E-state index in [1.807, 2.05) is 0 Å². The van der Waals surface area contributed by atoms with Gasteiger partial charge >= 0.3 is 5.97 Å². The second-order valence-electron chi connectivity index (χ2n) is 7.51. The van der Waals surface area contributed by atoms with Crippen LogP contribution in [0.4, 0.5) is 5.13 Å². The van der Waals surface area contributed by atoms with E-state index in [9.17, 15) is 19.5 Å². The highest BCUT2D eigenvalue weighted by atomic mass is 32.2. The molecule has 0 saturated carbocycles. The zero-order chi connectivity index (χ0) is 24.3. The summed E-state index contributed by atoms with van der Waals surface area (Å²) in [5.41, 5.74) is 4.96. The Bertz CT molecular complexity index is 1160. The van der Waals surface area contributed by atoms with Gasteiger partial charge in [-0.05, 0) is 24.6 Å². The van der Waals surface area contributed by atoms with Crippen LogP contribution in [0, 0.1) is 5.41 Å². The zero-order valence-electron chi connectivity index (χ0n) is 18.0. The number of aromatic nitrogens is 3. The second kappa shape index (κ2) is 9.77. The molecule has 0 bridgehead atoms. The average molecular weight is 504 g/mol. The van der Waals surface area contributed by atoms with E-state index in [0.717, 1.165) is 17.1 Å². The molecule has 2 unspecified atom stereocenters. The number of rotatable bonds is 8. The molecule has 2 aromatic heterocycles. The van der Waals surface area contributed by atoms with Crippen molar-refractivity contribution in [3.63, 3.8) is 0 Å². The molecule has 12 nitrogen and oxygen atoms in total. The van der Waals surface area contributed by atoms with E-state index in [4.69, 9.17) is 10.6 Å². The lowest BCUT2D eigenvalue weighted by molar-refractivity contribution is -0.155. The zero-order valence-corrected chi connectivity index (χ0v) is 19.6. The van der Waals surface area contributed by atoms with Gasteiger partial charge in [0, 0.05) is 36.2 Å². The molecule has 2 aromatic rings. The van der Waals surface area contributed by atoms with Gasteiger partial charge in [0.2, 0.25) is 17.4 Å². The summed E-state index contributed by atoms with van der Waals surface area (Å²) in [6.07, 6.45) is 6.55. The van der Waals surface area contributed by atoms with Crippen LogP contribution in [0.5, 0.6) is 0 Å². The molecule has 2 aliphatic heterocycles. The first-order chi connectivity index (χ1) is 16.3. The molecule has 2 saturated heterocycles. The van der Waals surface area contributed by atoms with Gasteiger partial charge in [-0.15, -0.1) is 11.8 Å². The Morgan fingerprint density at radius 1 is 1.44 bits per heavy atom. The Labute approximate surface area is 202 Å². The Balaban J connectivity index is 1.46. The van der Waals surface area contributed by atoms with Crippen LogP contribution in [-0.4, -0.2) is 78.2 Å². The van der Waals surface area contributed by atoms with Crippen molar-refractivity contribution in [3.8, 4) is 0 Å². The number of fused-ring (bicyclic) bond motifs is 1. The number of nitrogens with zero attached hydrogens (tertiary/aromatic N) is 5. The van der Waals surface area contributed by atoms with Gasteiger partial charge in [0.05, 0.1) is 0 Å². The van der Waals surface area contributed by atoms with E-state index in [1.165, 1.54) is 16.7 Å². The maximum absolute atomic E-state index is 12.8. The smallest absolute Gasteiger partial charge is 0.316 e. The molecule has 178 valence electrons. The number of aliphatic carboxylic acids is 1. The highest BCUT2D eigenvalue weighted by molar-refractivity contribution is 8.00. The van der Waals surface area contributed by atoms with Crippen molar-refractivity contribution >= 4 is 58.0 Å². The van der Waals surface area contributed by atoms with E-state index in [2.05, 4.69) is 24.8 Å². The first kappa shape index (κ1) is 23.6. The number of carboxylic acids is 1. The Hall–Kier alpha value is -3.52. The molecule has 0 spiro atoms. The highest BCUT2D eigenvalue weighted by Gasteiger charge is 2.57. The fourth-order valence-corrected chi connectivity index (χ4v) is 5.43. The van der Waals surface area contributed by atoms with E-state index >= 15 is 0 Å². The normalized spacial score (nSPS) is 24.4. The molecule has 4 heterocycles. The summed E-state index contributed by atoms with van der Waals surface area (Å²) in [4.78, 5) is 52.2. The number of pyridine rings is 1. The molecule has 4 N–H and O–H groups in total. The first-order valence-corrected chi connectivity index (χ1v) is 12.0. The van der Waals surface area contributed by atoms with Crippen molar-refractivity contribution in [2.45, 2.75) is 18.3 Å². The molecule has 0 radical (unpaired) electrons. The monoisotopic (exact) mass is 503 g/mol. The maximum Gasteiger partial charge on any atom is 0.316 e. The third kappa shape index (κ3) is 4.59. The molecule has 2 fully saturated rings.